The molecule has 0 atom stereocenters. The fourth-order valence-corrected chi connectivity index (χ4v) is 3.05. The van der Waals surface area contributed by atoms with Gasteiger partial charge in [0.15, 0.2) is 0 Å². The van der Waals surface area contributed by atoms with E-state index in [0.717, 1.165) is 37.0 Å². The second kappa shape index (κ2) is 7.62. The molecule has 1 fully saturated rings. The first-order valence-corrected chi connectivity index (χ1v) is 8.46. The summed E-state index contributed by atoms with van der Waals surface area (Å²) < 4.78 is 0. The molecule has 0 unspecified atom stereocenters. The van der Waals surface area contributed by atoms with Crippen LogP contribution in [0, 0.1) is 12.8 Å². The summed E-state index contributed by atoms with van der Waals surface area (Å²) in [5.74, 6) is 2.52. The number of nitrogens with zero attached hydrogens (tertiary/aromatic N) is 3. The van der Waals surface area contributed by atoms with Crippen LogP contribution >= 0.6 is 0 Å². The minimum absolute atomic E-state index is 0.646. The van der Waals surface area contributed by atoms with E-state index in [4.69, 9.17) is 4.98 Å². The summed E-state index contributed by atoms with van der Waals surface area (Å²) in [6.07, 6.45) is 6.39. The zero-order valence-electron chi connectivity index (χ0n) is 14.0. The highest BCUT2D eigenvalue weighted by molar-refractivity contribution is 5.46. The van der Waals surface area contributed by atoms with Crippen LogP contribution in [0.5, 0.6) is 0 Å². The van der Waals surface area contributed by atoms with Gasteiger partial charge in [0.1, 0.15) is 5.82 Å². The van der Waals surface area contributed by atoms with E-state index in [1.54, 1.807) is 0 Å². The second-order valence-electron chi connectivity index (χ2n) is 6.60. The molecule has 2 rings (SSSR count). The molecule has 1 saturated carbocycles. The minimum Gasteiger partial charge on any atom is -0.354 e. The quantitative estimate of drug-likeness (QED) is 0.823. The highest BCUT2D eigenvalue weighted by Crippen LogP contribution is 2.28. The predicted octanol–water partition coefficient (Wildman–Crippen LogP) is 4.01. The maximum Gasteiger partial charge on any atom is 0.224 e. The van der Waals surface area contributed by atoms with Gasteiger partial charge in [0.05, 0.1) is 0 Å². The van der Waals surface area contributed by atoms with Gasteiger partial charge in [-0.25, -0.2) is 4.98 Å². The van der Waals surface area contributed by atoms with Crippen molar-refractivity contribution in [3.63, 3.8) is 0 Å². The largest absolute Gasteiger partial charge is 0.354 e. The van der Waals surface area contributed by atoms with Gasteiger partial charge >= 0.3 is 0 Å². The van der Waals surface area contributed by atoms with Crippen LogP contribution in [0.15, 0.2) is 6.07 Å². The van der Waals surface area contributed by atoms with E-state index in [0.29, 0.717) is 12.0 Å². The van der Waals surface area contributed by atoms with Gasteiger partial charge in [-0.2, -0.15) is 4.98 Å². The Morgan fingerprint density at radius 2 is 2.00 bits per heavy atom. The Labute approximate surface area is 129 Å². The first-order chi connectivity index (χ1) is 10.1. The summed E-state index contributed by atoms with van der Waals surface area (Å²) in [6.45, 7) is 10.8. The highest BCUT2D eigenvalue weighted by Gasteiger charge is 2.24. The molecule has 4 nitrogen and oxygen atoms in total. The van der Waals surface area contributed by atoms with E-state index in [9.17, 15) is 0 Å². The van der Waals surface area contributed by atoms with Crippen molar-refractivity contribution in [1.82, 2.24) is 9.97 Å². The molecular formula is C17H30N4. The van der Waals surface area contributed by atoms with Crippen molar-refractivity contribution in [1.29, 1.82) is 0 Å². The molecule has 1 aliphatic rings. The monoisotopic (exact) mass is 290 g/mol. The number of nitrogens with one attached hydrogen (secondary N) is 1. The molecule has 1 aromatic heterocycles. The summed E-state index contributed by atoms with van der Waals surface area (Å²) >= 11 is 0. The molecule has 1 N–H and O–H groups in total. The molecule has 21 heavy (non-hydrogen) atoms. The van der Waals surface area contributed by atoms with Gasteiger partial charge in [0.2, 0.25) is 5.95 Å². The van der Waals surface area contributed by atoms with Crippen LogP contribution < -0.4 is 10.2 Å². The fourth-order valence-electron chi connectivity index (χ4n) is 3.05. The lowest BCUT2D eigenvalue weighted by atomic mass is 10.1. The standard InChI is InChI=1S/C17H30N4/c1-5-10-18-17-19-14(4)11-16(20-17)21(12-13(2)3)15-8-6-7-9-15/h11,13,15H,5-10,12H2,1-4H3,(H,18,19,20). The molecule has 4 heteroatoms. The topological polar surface area (TPSA) is 41.1 Å². The lowest BCUT2D eigenvalue weighted by molar-refractivity contribution is 0.531. The van der Waals surface area contributed by atoms with Gasteiger partial charge < -0.3 is 10.2 Å². The number of anilines is 2. The Kier molecular flexibility index (Phi) is 5.83. The normalized spacial score (nSPS) is 15.7. The Morgan fingerprint density at radius 3 is 2.62 bits per heavy atom. The van der Waals surface area contributed by atoms with Crippen molar-refractivity contribution in [3.8, 4) is 0 Å². The van der Waals surface area contributed by atoms with Crippen molar-refractivity contribution in [2.24, 2.45) is 5.92 Å². The van der Waals surface area contributed by atoms with E-state index < -0.39 is 0 Å². The van der Waals surface area contributed by atoms with Crippen LogP contribution in [0.3, 0.4) is 0 Å². The molecule has 1 aromatic rings. The SMILES string of the molecule is CCCNc1nc(C)cc(N(CC(C)C)C2CCCC2)n1. The Morgan fingerprint density at radius 1 is 1.29 bits per heavy atom. The fraction of sp³-hybridized carbons (Fsp3) is 0.765. The molecule has 0 radical (unpaired) electrons. The van der Waals surface area contributed by atoms with E-state index in [1.165, 1.54) is 25.7 Å². The van der Waals surface area contributed by atoms with Gasteiger partial charge in [-0.15, -0.1) is 0 Å². The van der Waals surface area contributed by atoms with Crippen LogP contribution in [0.1, 0.15) is 58.6 Å². The maximum absolute atomic E-state index is 4.77. The third-order valence-electron chi connectivity index (χ3n) is 4.00. The first-order valence-electron chi connectivity index (χ1n) is 8.46. The Bertz CT molecular complexity index is 438. The van der Waals surface area contributed by atoms with E-state index in [-0.39, 0.29) is 0 Å². The van der Waals surface area contributed by atoms with Crippen LogP contribution in [0.25, 0.3) is 0 Å². The van der Waals surface area contributed by atoms with Gasteiger partial charge in [0.25, 0.3) is 0 Å². The molecule has 0 aliphatic heterocycles. The average molecular weight is 290 g/mol. The summed E-state index contributed by atoms with van der Waals surface area (Å²) in [7, 11) is 0. The molecule has 0 spiro atoms. The molecule has 1 heterocycles. The molecule has 0 bridgehead atoms. The molecule has 0 aromatic carbocycles. The zero-order valence-corrected chi connectivity index (χ0v) is 14.0. The summed E-state index contributed by atoms with van der Waals surface area (Å²) in [5.41, 5.74) is 1.05. The highest BCUT2D eigenvalue weighted by atomic mass is 15.2. The number of aryl methyl sites for hydroxylation is 1. The van der Waals surface area contributed by atoms with Gasteiger partial charge in [0, 0.05) is 30.9 Å². The van der Waals surface area contributed by atoms with Crippen molar-refractivity contribution in [2.45, 2.75) is 65.8 Å². The van der Waals surface area contributed by atoms with E-state index in [1.807, 2.05) is 0 Å². The van der Waals surface area contributed by atoms with Gasteiger partial charge in [-0.3, -0.25) is 0 Å². The van der Waals surface area contributed by atoms with Crippen molar-refractivity contribution in [3.05, 3.63) is 11.8 Å². The van der Waals surface area contributed by atoms with Gasteiger partial charge in [-0.05, 0) is 32.1 Å². The third-order valence-corrected chi connectivity index (χ3v) is 4.00. The number of hydrogen-bond acceptors (Lipinski definition) is 4. The predicted molar refractivity (Wildman–Crippen MR) is 90.0 cm³/mol. The van der Waals surface area contributed by atoms with Crippen molar-refractivity contribution >= 4 is 11.8 Å². The zero-order chi connectivity index (χ0) is 15.2. The Hall–Kier alpha value is -1.32. The van der Waals surface area contributed by atoms with Crippen LogP contribution in [-0.4, -0.2) is 29.1 Å². The average Bonchev–Trinajstić information content (AvgIpc) is 2.95. The lowest BCUT2D eigenvalue weighted by Crippen LogP contribution is -2.37. The van der Waals surface area contributed by atoms with Crippen LogP contribution in [0.4, 0.5) is 11.8 Å². The number of rotatable bonds is 7. The second-order valence-corrected chi connectivity index (χ2v) is 6.60. The molecule has 0 amide bonds. The molecule has 0 saturated heterocycles. The lowest BCUT2D eigenvalue weighted by Gasteiger charge is -2.32. The molecular weight excluding hydrogens is 260 g/mol. The number of hydrogen-bond donors (Lipinski definition) is 1. The molecule has 1 aliphatic carbocycles. The van der Waals surface area contributed by atoms with Gasteiger partial charge in [-0.1, -0.05) is 33.6 Å². The third kappa shape index (κ3) is 4.58. The number of aromatic nitrogens is 2. The minimum atomic E-state index is 0.646. The first kappa shape index (κ1) is 16.1. The summed E-state index contributed by atoms with van der Waals surface area (Å²) in [4.78, 5) is 11.8. The van der Waals surface area contributed by atoms with E-state index in [2.05, 4.69) is 49.0 Å². The smallest absolute Gasteiger partial charge is 0.224 e. The summed E-state index contributed by atoms with van der Waals surface area (Å²) in [5, 5.41) is 3.33. The maximum atomic E-state index is 4.77. The van der Waals surface area contributed by atoms with E-state index >= 15 is 0 Å². The van der Waals surface area contributed by atoms with Crippen molar-refractivity contribution in [2.75, 3.05) is 23.3 Å². The summed E-state index contributed by atoms with van der Waals surface area (Å²) in [6, 6.07) is 2.79. The molecule has 118 valence electrons. The van der Waals surface area contributed by atoms with Crippen molar-refractivity contribution < 1.29 is 0 Å². The van der Waals surface area contributed by atoms with Crippen LogP contribution in [0.2, 0.25) is 0 Å². The Balaban J connectivity index is 2.22. The van der Waals surface area contributed by atoms with Crippen LogP contribution in [-0.2, 0) is 0 Å².